The molecule has 0 spiro atoms. The molecule has 9 heavy (non-hydrogen) atoms. The number of halogens is 1. The first-order chi connectivity index (χ1) is 3.68. The maximum Gasteiger partial charge on any atom is 1.00 e. The largest absolute Gasteiger partial charge is 1.00 e. The minimum atomic E-state index is -1.83. The Morgan fingerprint density at radius 3 is 2.11 bits per heavy atom. The van der Waals surface area contributed by atoms with Crippen molar-refractivity contribution in [2.24, 2.45) is 0 Å². The first kappa shape index (κ1) is 11.8. The number of carbonyl (C=O) groups excluding carboxylic acids is 2. The Bertz CT molecular complexity index is 114. The second-order valence-corrected chi connectivity index (χ2v) is 1.29. The maximum absolute atomic E-state index is 9.83. The van der Waals surface area contributed by atoms with E-state index in [1.165, 1.54) is 0 Å². The normalized spacial score (nSPS) is 7.22. The molecule has 0 aromatic rings. The van der Waals surface area contributed by atoms with Gasteiger partial charge in [0.2, 0.25) is 0 Å². The van der Waals surface area contributed by atoms with E-state index < -0.39 is 11.9 Å². The van der Waals surface area contributed by atoms with Gasteiger partial charge in [0.25, 0.3) is 0 Å². The van der Waals surface area contributed by atoms with Gasteiger partial charge >= 0.3 is 24.8 Å². The molecule has 0 aliphatic heterocycles. The molecule has 0 N–H and O–H groups in total. The third-order valence-electron chi connectivity index (χ3n) is 0.352. The van der Waals surface area contributed by atoms with E-state index in [2.05, 4.69) is 20.7 Å². The smallest absolute Gasteiger partial charge is 0.539 e. The number of esters is 1. The fourth-order valence-corrected chi connectivity index (χ4v) is 0.316. The van der Waals surface area contributed by atoms with Gasteiger partial charge in [-0.15, -0.1) is 0 Å². The molecule has 6 heteroatoms. The number of alkyl halides is 1. The van der Waals surface area contributed by atoms with Crippen molar-refractivity contribution in [1.29, 1.82) is 0 Å². The molecular weight excluding hydrogens is 187 g/mol. The fourth-order valence-electron chi connectivity index (χ4n) is 0.108. The average molecular weight is 189 g/mol. The first-order valence-corrected chi connectivity index (χ1v) is 2.74. The summed E-state index contributed by atoms with van der Waals surface area (Å²) >= 11 is 2.68. The number of hydrogen-bond acceptors (Lipinski definition) is 4. The Labute approximate surface area is 71.9 Å². The van der Waals surface area contributed by atoms with Gasteiger partial charge in [0.1, 0.15) is 5.52 Å². The Hall–Kier alpha value is 0.0174. The van der Waals surface area contributed by atoms with Gasteiger partial charge in [0.15, 0.2) is 5.97 Å². The number of carboxylic acids is 1. The van der Waals surface area contributed by atoms with Gasteiger partial charge in [0.05, 0.1) is 0 Å². The van der Waals surface area contributed by atoms with Crippen LogP contribution in [0, 0.1) is 0 Å². The minimum Gasteiger partial charge on any atom is -0.539 e. The van der Waals surface area contributed by atoms with E-state index in [1.807, 2.05) is 0 Å². The molecule has 0 atom stereocenters. The van der Waals surface area contributed by atoms with E-state index in [9.17, 15) is 14.7 Å². The zero-order chi connectivity index (χ0) is 6.57. The summed E-state index contributed by atoms with van der Waals surface area (Å²) in [6, 6.07) is 0. The molecule has 46 valence electrons. The van der Waals surface area contributed by atoms with Crippen molar-refractivity contribution in [2.75, 3.05) is 5.52 Å². The van der Waals surface area contributed by atoms with Crippen LogP contribution in [0.25, 0.3) is 0 Å². The molecule has 0 rings (SSSR count). The van der Waals surface area contributed by atoms with Crippen LogP contribution in [0.5, 0.6) is 0 Å². The SMILES string of the molecule is O=C([O-])C(=O)OCBr.[Li+]. The number of carboxylic acid groups (broad SMARTS) is 1. The van der Waals surface area contributed by atoms with Crippen molar-refractivity contribution in [3.05, 3.63) is 0 Å². The van der Waals surface area contributed by atoms with Gasteiger partial charge in [-0.25, -0.2) is 4.79 Å². The predicted octanol–water partition coefficient (Wildman–Crippen LogP) is -4.36. The molecule has 0 saturated heterocycles. The van der Waals surface area contributed by atoms with Gasteiger partial charge in [0, 0.05) is 0 Å². The minimum absolute atomic E-state index is 0. The molecule has 0 radical (unpaired) electrons. The summed E-state index contributed by atoms with van der Waals surface area (Å²) in [4.78, 5) is 19.3. The van der Waals surface area contributed by atoms with E-state index in [0.717, 1.165) is 0 Å². The van der Waals surface area contributed by atoms with Crippen molar-refractivity contribution in [2.45, 2.75) is 0 Å². The van der Waals surface area contributed by atoms with Crippen molar-refractivity contribution in [1.82, 2.24) is 0 Å². The quantitative estimate of drug-likeness (QED) is 0.181. The van der Waals surface area contributed by atoms with E-state index in [-0.39, 0.29) is 24.4 Å². The van der Waals surface area contributed by atoms with Gasteiger partial charge < -0.3 is 14.6 Å². The molecule has 0 aliphatic carbocycles. The Kier molecular flexibility index (Phi) is 8.03. The van der Waals surface area contributed by atoms with E-state index >= 15 is 0 Å². The molecule has 4 nitrogen and oxygen atoms in total. The standard InChI is InChI=1S/C3H3BrO4.Li/c4-1-8-3(7)2(5)6;/h1H2,(H,5,6);/q;+1/p-1. The molecule has 0 aromatic heterocycles. The van der Waals surface area contributed by atoms with Gasteiger partial charge in [-0.3, -0.25) is 0 Å². The van der Waals surface area contributed by atoms with Crippen LogP contribution >= 0.6 is 15.9 Å². The van der Waals surface area contributed by atoms with E-state index in [4.69, 9.17) is 0 Å². The molecular formula is C3H2BrLiO4. The molecule has 0 aromatic carbocycles. The summed E-state index contributed by atoms with van der Waals surface area (Å²) in [5.41, 5.74) is -0.125. The summed E-state index contributed by atoms with van der Waals surface area (Å²) in [5, 5.41) is 9.48. The van der Waals surface area contributed by atoms with Gasteiger partial charge in [-0.1, -0.05) is 0 Å². The van der Waals surface area contributed by atoms with Crippen molar-refractivity contribution in [3.8, 4) is 0 Å². The van der Waals surface area contributed by atoms with Crippen molar-refractivity contribution >= 4 is 27.9 Å². The molecule has 0 aliphatic rings. The summed E-state index contributed by atoms with van der Waals surface area (Å²) < 4.78 is 3.92. The fraction of sp³-hybridized carbons (Fsp3) is 0.333. The third kappa shape index (κ3) is 5.90. The summed E-state index contributed by atoms with van der Waals surface area (Å²) in [6.45, 7) is 0. The summed E-state index contributed by atoms with van der Waals surface area (Å²) in [7, 11) is 0. The number of ether oxygens (including phenoxy) is 1. The van der Waals surface area contributed by atoms with Crippen LogP contribution in [0.4, 0.5) is 0 Å². The molecule has 0 fully saturated rings. The topological polar surface area (TPSA) is 66.4 Å². The van der Waals surface area contributed by atoms with Crippen LogP contribution in [0.2, 0.25) is 0 Å². The van der Waals surface area contributed by atoms with Crippen LogP contribution < -0.4 is 24.0 Å². The van der Waals surface area contributed by atoms with Crippen LogP contribution in [-0.2, 0) is 14.3 Å². The van der Waals surface area contributed by atoms with Crippen LogP contribution in [0.3, 0.4) is 0 Å². The van der Waals surface area contributed by atoms with Crippen LogP contribution in [-0.4, -0.2) is 17.5 Å². The van der Waals surface area contributed by atoms with Crippen LogP contribution in [0.1, 0.15) is 0 Å². The monoisotopic (exact) mass is 188 g/mol. The van der Waals surface area contributed by atoms with Crippen molar-refractivity contribution in [3.63, 3.8) is 0 Å². The number of hydrogen-bond donors (Lipinski definition) is 0. The Morgan fingerprint density at radius 2 is 2.00 bits per heavy atom. The first-order valence-electron chi connectivity index (χ1n) is 1.62. The van der Waals surface area contributed by atoms with E-state index in [0.29, 0.717) is 0 Å². The van der Waals surface area contributed by atoms with Gasteiger partial charge in [-0.2, -0.15) is 0 Å². The maximum atomic E-state index is 9.83. The number of aliphatic carboxylic acids is 1. The third-order valence-corrected chi connectivity index (χ3v) is 0.581. The molecule has 0 saturated carbocycles. The zero-order valence-electron chi connectivity index (χ0n) is 4.72. The summed E-state index contributed by atoms with van der Waals surface area (Å²) in [6.07, 6.45) is 0. The second kappa shape index (κ2) is 6.14. The second-order valence-electron chi connectivity index (χ2n) is 0.828. The molecule has 0 bridgehead atoms. The summed E-state index contributed by atoms with van der Waals surface area (Å²) in [5.74, 6) is -3.19. The molecule has 0 unspecified atom stereocenters. The van der Waals surface area contributed by atoms with Gasteiger partial charge in [-0.05, 0) is 15.9 Å². The number of rotatable bonds is 1. The average Bonchev–Trinajstić information content (AvgIpc) is 1.67. The Morgan fingerprint density at radius 1 is 1.56 bits per heavy atom. The van der Waals surface area contributed by atoms with Crippen LogP contribution in [0.15, 0.2) is 0 Å². The molecule has 0 amide bonds. The zero-order valence-corrected chi connectivity index (χ0v) is 6.30. The Balaban J connectivity index is 0. The van der Waals surface area contributed by atoms with E-state index in [1.54, 1.807) is 0 Å². The molecule has 0 heterocycles. The number of carbonyl (C=O) groups is 2. The predicted molar refractivity (Wildman–Crippen MR) is 24.9 cm³/mol. The van der Waals surface area contributed by atoms with Crippen molar-refractivity contribution < 1.29 is 38.3 Å².